The minimum Gasteiger partial charge on any atom is -0.356 e. The maximum absolute atomic E-state index is 4.57. The fourth-order valence-electron chi connectivity index (χ4n) is 2.69. The second-order valence-corrected chi connectivity index (χ2v) is 5.22. The highest BCUT2D eigenvalue weighted by molar-refractivity contribution is 5.82. The Morgan fingerprint density at radius 1 is 1.38 bits per heavy atom. The predicted molar refractivity (Wildman–Crippen MR) is 65.6 cm³/mol. The minimum absolute atomic E-state index is 0.790. The van der Waals surface area contributed by atoms with Crippen LogP contribution in [0.3, 0.4) is 0 Å². The zero-order chi connectivity index (χ0) is 10.8. The number of hydrogen-bond donors (Lipinski definition) is 2. The van der Waals surface area contributed by atoms with Gasteiger partial charge in [0.15, 0.2) is 5.96 Å². The van der Waals surface area contributed by atoms with Gasteiger partial charge in [0.2, 0.25) is 0 Å². The van der Waals surface area contributed by atoms with Crippen molar-refractivity contribution in [3.05, 3.63) is 0 Å². The lowest BCUT2D eigenvalue weighted by Crippen LogP contribution is -2.44. The van der Waals surface area contributed by atoms with E-state index in [1.165, 1.54) is 44.7 Å². The third-order valence-corrected chi connectivity index (χ3v) is 3.81. The lowest BCUT2D eigenvalue weighted by molar-refractivity contribution is 0.365. The summed E-state index contributed by atoms with van der Waals surface area (Å²) >= 11 is 0. The summed E-state index contributed by atoms with van der Waals surface area (Å²) < 4.78 is 0. The summed E-state index contributed by atoms with van der Waals surface area (Å²) in [5.41, 5.74) is 0. The molecule has 16 heavy (non-hydrogen) atoms. The first kappa shape index (κ1) is 10.4. The van der Waals surface area contributed by atoms with E-state index in [-0.39, 0.29) is 0 Å². The first-order chi connectivity index (χ1) is 7.93. The SMILES string of the molecule is C1CNCC(CNC2=NCCN2C2CC2)C1. The summed E-state index contributed by atoms with van der Waals surface area (Å²) in [5.74, 6) is 1.96. The van der Waals surface area contributed by atoms with Gasteiger partial charge >= 0.3 is 0 Å². The van der Waals surface area contributed by atoms with Crippen LogP contribution >= 0.6 is 0 Å². The van der Waals surface area contributed by atoms with E-state index in [1.54, 1.807) is 0 Å². The van der Waals surface area contributed by atoms with Gasteiger partial charge in [-0.2, -0.15) is 0 Å². The number of nitrogens with zero attached hydrogens (tertiary/aromatic N) is 2. The van der Waals surface area contributed by atoms with Gasteiger partial charge in [-0.1, -0.05) is 0 Å². The first-order valence-electron chi connectivity index (χ1n) is 6.69. The molecule has 0 bridgehead atoms. The van der Waals surface area contributed by atoms with Gasteiger partial charge in [-0.05, 0) is 44.7 Å². The fourth-order valence-corrected chi connectivity index (χ4v) is 2.69. The van der Waals surface area contributed by atoms with Crippen LogP contribution in [0.2, 0.25) is 0 Å². The maximum atomic E-state index is 4.57. The van der Waals surface area contributed by atoms with Crippen molar-refractivity contribution in [3.8, 4) is 0 Å². The normalized spacial score (nSPS) is 30.4. The topological polar surface area (TPSA) is 39.7 Å². The largest absolute Gasteiger partial charge is 0.356 e. The van der Waals surface area contributed by atoms with Crippen molar-refractivity contribution in [3.63, 3.8) is 0 Å². The molecule has 2 aliphatic heterocycles. The second-order valence-electron chi connectivity index (χ2n) is 5.22. The van der Waals surface area contributed by atoms with Crippen LogP contribution in [0.4, 0.5) is 0 Å². The van der Waals surface area contributed by atoms with Crippen LogP contribution in [-0.4, -0.2) is 49.6 Å². The molecule has 4 heteroatoms. The standard InChI is InChI=1S/C12H22N4/c1-2-10(8-13-5-1)9-15-12-14-6-7-16(12)11-3-4-11/h10-11,13H,1-9H2,(H,14,15). The molecule has 0 aromatic rings. The zero-order valence-corrected chi connectivity index (χ0v) is 9.91. The van der Waals surface area contributed by atoms with Crippen LogP contribution in [0.25, 0.3) is 0 Å². The third-order valence-electron chi connectivity index (χ3n) is 3.81. The summed E-state index contributed by atoms with van der Waals surface area (Å²) in [5, 5.41) is 7.02. The molecule has 1 aliphatic carbocycles. The molecule has 0 aromatic heterocycles. The number of nitrogens with one attached hydrogen (secondary N) is 2. The van der Waals surface area contributed by atoms with Crippen LogP contribution in [0.1, 0.15) is 25.7 Å². The number of rotatable bonds is 3. The number of hydrogen-bond acceptors (Lipinski definition) is 4. The highest BCUT2D eigenvalue weighted by atomic mass is 15.4. The molecule has 0 aromatic carbocycles. The number of aliphatic imine (C=N–C) groups is 1. The van der Waals surface area contributed by atoms with Gasteiger partial charge in [-0.3, -0.25) is 4.99 Å². The summed E-state index contributed by atoms with van der Waals surface area (Å²) in [4.78, 5) is 7.04. The van der Waals surface area contributed by atoms with Crippen molar-refractivity contribution in [1.29, 1.82) is 0 Å². The highest BCUT2D eigenvalue weighted by Gasteiger charge is 2.33. The van der Waals surface area contributed by atoms with Gasteiger partial charge in [0.05, 0.1) is 6.54 Å². The number of guanidine groups is 1. The van der Waals surface area contributed by atoms with Gasteiger partial charge in [0.25, 0.3) is 0 Å². The van der Waals surface area contributed by atoms with Crippen molar-refractivity contribution in [2.45, 2.75) is 31.7 Å². The highest BCUT2D eigenvalue weighted by Crippen LogP contribution is 2.28. The van der Waals surface area contributed by atoms with Crippen molar-refractivity contribution in [1.82, 2.24) is 15.5 Å². The zero-order valence-electron chi connectivity index (χ0n) is 9.91. The van der Waals surface area contributed by atoms with Gasteiger partial charge in [-0.25, -0.2) is 0 Å². The summed E-state index contributed by atoms with van der Waals surface area (Å²) in [6.45, 7) is 5.59. The Morgan fingerprint density at radius 3 is 3.06 bits per heavy atom. The Kier molecular flexibility index (Phi) is 3.00. The number of piperidine rings is 1. The fraction of sp³-hybridized carbons (Fsp3) is 0.917. The van der Waals surface area contributed by atoms with Crippen LogP contribution in [0, 0.1) is 5.92 Å². The molecule has 1 saturated carbocycles. The maximum Gasteiger partial charge on any atom is 0.194 e. The van der Waals surface area contributed by atoms with Gasteiger partial charge in [0, 0.05) is 19.1 Å². The lowest BCUT2D eigenvalue weighted by atomic mass is 10.00. The second kappa shape index (κ2) is 4.62. The van der Waals surface area contributed by atoms with Crippen LogP contribution in [-0.2, 0) is 0 Å². The van der Waals surface area contributed by atoms with E-state index in [4.69, 9.17) is 0 Å². The molecule has 2 N–H and O–H groups in total. The molecular formula is C12H22N4. The quantitative estimate of drug-likeness (QED) is 0.726. The van der Waals surface area contributed by atoms with Crippen molar-refractivity contribution in [2.24, 2.45) is 10.9 Å². The van der Waals surface area contributed by atoms with E-state index in [2.05, 4.69) is 20.5 Å². The van der Waals surface area contributed by atoms with Crippen LogP contribution in [0.5, 0.6) is 0 Å². The molecular weight excluding hydrogens is 200 g/mol. The van der Waals surface area contributed by atoms with E-state index >= 15 is 0 Å². The van der Waals surface area contributed by atoms with E-state index in [0.717, 1.165) is 31.6 Å². The van der Waals surface area contributed by atoms with E-state index in [1.807, 2.05) is 0 Å². The summed E-state index contributed by atoms with van der Waals surface area (Å²) in [7, 11) is 0. The molecule has 3 rings (SSSR count). The predicted octanol–water partition coefficient (Wildman–Crippen LogP) is 0.410. The van der Waals surface area contributed by atoms with E-state index in [0.29, 0.717) is 0 Å². The molecule has 90 valence electrons. The molecule has 2 heterocycles. The van der Waals surface area contributed by atoms with Crippen molar-refractivity contribution < 1.29 is 0 Å². The first-order valence-corrected chi connectivity index (χ1v) is 6.69. The van der Waals surface area contributed by atoms with Crippen LogP contribution in [0.15, 0.2) is 4.99 Å². The van der Waals surface area contributed by atoms with E-state index < -0.39 is 0 Å². The summed E-state index contributed by atoms with van der Waals surface area (Å²) in [6, 6.07) is 0.804. The summed E-state index contributed by atoms with van der Waals surface area (Å²) in [6.07, 6.45) is 5.42. The molecule has 0 amide bonds. The van der Waals surface area contributed by atoms with Gasteiger partial charge < -0.3 is 15.5 Å². The van der Waals surface area contributed by atoms with Crippen molar-refractivity contribution in [2.75, 3.05) is 32.7 Å². The Hall–Kier alpha value is -0.770. The van der Waals surface area contributed by atoms with Crippen molar-refractivity contribution >= 4 is 5.96 Å². The molecule has 3 aliphatic rings. The smallest absolute Gasteiger partial charge is 0.194 e. The Labute approximate surface area is 97.5 Å². The molecule has 1 saturated heterocycles. The molecule has 4 nitrogen and oxygen atoms in total. The molecule has 1 unspecified atom stereocenters. The van der Waals surface area contributed by atoms with Gasteiger partial charge in [0.1, 0.15) is 0 Å². The molecule has 1 atom stereocenters. The van der Waals surface area contributed by atoms with Gasteiger partial charge in [-0.15, -0.1) is 0 Å². The molecule has 0 radical (unpaired) electrons. The Balaban J connectivity index is 1.46. The average molecular weight is 222 g/mol. The Morgan fingerprint density at radius 2 is 2.31 bits per heavy atom. The molecule has 0 spiro atoms. The third kappa shape index (κ3) is 2.32. The lowest BCUT2D eigenvalue weighted by Gasteiger charge is -2.26. The Bertz CT molecular complexity index is 266. The van der Waals surface area contributed by atoms with E-state index in [9.17, 15) is 0 Å². The minimum atomic E-state index is 0.790. The average Bonchev–Trinajstić information content (AvgIpc) is 3.07. The molecule has 2 fully saturated rings. The monoisotopic (exact) mass is 222 g/mol. The van der Waals surface area contributed by atoms with Crippen LogP contribution < -0.4 is 10.6 Å².